The molecule has 2 aliphatic rings. The summed E-state index contributed by atoms with van der Waals surface area (Å²) in [4.78, 5) is 23.9. The molecule has 1 fully saturated rings. The molecule has 0 spiro atoms. The Morgan fingerprint density at radius 1 is 1.28 bits per heavy atom. The van der Waals surface area contributed by atoms with Crippen molar-refractivity contribution in [3.63, 3.8) is 0 Å². The molecule has 0 aliphatic carbocycles. The Hall–Kier alpha value is -2.76. The molecular formula is C19H19N5O. The molecule has 1 saturated heterocycles. The van der Waals surface area contributed by atoms with Gasteiger partial charge in [0.1, 0.15) is 0 Å². The smallest absolute Gasteiger partial charge is 0.229 e. The highest BCUT2D eigenvalue weighted by Crippen LogP contribution is 2.43. The predicted molar refractivity (Wildman–Crippen MR) is 92.0 cm³/mol. The third kappa shape index (κ3) is 2.24. The van der Waals surface area contributed by atoms with Crippen molar-refractivity contribution in [2.24, 2.45) is 0 Å². The van der Waals surface area contributed by atoms with E-state index in [2.05, 4.69) is 20.0 Å². The monoisotopic (exact) mass is 333 g/mol. The average molecular weight is 333 g/mol. The van der Waals surface area contributed by atoms with Crippen molar-refractivity contribution < 1.29 is 4.79 Å². The summed E-state index contributed by atoms with van der Waals surface area (Å²) < 4.78 is 1.97. The molecule has 2 aliphatic heterocycles. The van der Waals surface area contributed by atoms with Gasteiger partial charge in [0.15, 0.2) is 5.65 Å². The minimum absolute atomic E-state index is 0.117. The molecule has 2 bridgehead atoms. The molecule has 5 heterocycles. The third-order valence-electron chi connectivity index (χ3n) is 5.37. The fourth-order valence-corrected chi connectivity index (χ4v) is 4.33. The highest BCUT2D eigenvalue weighted by atomic mass is 16.2. The standard InChI is InChI=1S/C19H19N5O/c1-12-8-18-21-11-15-16-6-5-14(10-17(15)24(18)22-12)23(16)19(25)9-13-4-2-3-7-20-13/h2-4,7-8,11,14,16H,5-6,9-10H2,1H3/t14-,16+/m0/s1. The molecule has 1 amide bonds. The fraction of sp³-hybridized carbons (Fsp3) is 0.368. The molecule has 0 saturated carbocycles. The fourth-order valence-electron chi connectivity index (χ4n) is 4.33. The molecule has 126 valence electrons. The molecule has 0 unspecified atom stereocenters. The number of pyridine rings is 1. The van der Waals surface area contributed by atoms with Gasteiger partial charge in [-0.1, -0.05) is 6.07 Å². The van der Waals surface area contributed by atoms with E-state index in [9.17, 15) is 4.79 Å². The van der Waals surface area contributed by atoms with E-state index in [4.69, 9.17) is 0 Å². The molecule has 0 aromatic carbocycles. The Balaban J connectivity index is 1.51. The molecule has 2 atom stereocenters. The van der Waals surface area contributed by atoms with Gasteiger partial charge in [0.25, 0.3) is 0 Å². The van der Waals surface area contributed by atoms with Crippen LogP contribution in [0.4, 0.5) is 0 Å². The van der Waals surface area contributed by atoms with Crippen LogP contribution in [-0.4, -0.2) is 36.4 Å². The zero-order valence-electron chi connectivity index (χ0n) is 14.1. The number of hydrogen-bond donors (Lipinski definition) is 0. The van der Waals surface area contributed by atoms with Crippen molar-refractivity contribution in [3.05, 3.63) is 59.3 Å². The van der Waals surface area contributed by atoms with E-state index in [0.717, 1.165) is 41.9 Å². The zero-order valence-corrected chi connectivity index (χ0v) is 14.1. The highest BCUT2D eigenvalue weighted by molar-refractivity contribution is 5.80. The van der Waals surface area contributed by atoms with Gasteiger partial charge < -0.3 is 4.90 Å². The van der Waals surface area contributed by atoms with Crippen LogP contribution in [-0.2, 0) is 17.6 Å². The van der Waals surface area contributed by atoms with E-state index in [1.807, 2.05) is 41.9 Å². The number of rotatable bonds is 2. The van der Waals surface area contributed by atoms with Crippen molar-refractivity contribution in [1.82, 2.24) is 24.5 Å². The van der Waals surface area contributed by atoms with Crippen molar-refractivity contribution in [2.45, 2.75) is 44.7 Å². The Bertz CT molecular complexity index is 965. The largest absolute Gasteiger partial charge is 0.332 e. The van der Waals surface area contributed by atoms with Crippen LogP contribution < -0.4 is 0 Å². The summed E-state index contributed by atoms with van der Waals surface area (Å²) in [5.74, 6) is 0.161. The maximum atomic E-state index is 12.9. The van der Waals surface area contributed by atoms with Gasteiger partial charge in [0.05, 0.1) is 23.9 Å². The quantitative estimate of drug-likeness (QED) is 0.722. The molecule has 0 N–H and O–H groups in total. The van der Waals surface area contributed by atoms with Crippen LogP contribution in [0.2, 0.25) is 0 Å². The van der Waals surface area contributed by atoms with Gasteiger partial charge in [-0.2, -0.15) is 5.10 Å². The van der Waals surface area contributed by atoms with Crippen LogP contribution in [0.3, 0.4) is 0 Å². The van der Waals surface area contributed by atoms with Crippen LogP contribution in [0, 0.1) is 6.92 Å². The molecule has 3 aromatic rings. The number of aromatic nitrogens is 4. The van der Waals surface area contributed by atoms with E-state index in [1.54, 1.807) is 6.20 Å². The second kappa shape index (κ2) is 5.37. The van der Waals surface area contributed by atoms with E-state index >= 15 is 0 Å². The predicted octanol–water partition coefficient (Wildman–Crippen LogP) is 2.26. The number of carbonyl (C=O) groups excluding carboxylic acids is 1. The lowest BCUT2D eigenvalue weighted by molar-refractivity contribution is -0.134. The minimum Gasteiger partial charge on any atom is -0.332 e. The molecule has 6 nitrogen and oxygen atoms in total. The van der Waals surface area contributed by atoms with Gasteiger partial charge >= 0.3 is 0 Å². The number of carbonyl (C=O) groups is 1. The van der Waals surface area contributed by atoms with Gasteiger partial charge in [-0.15, -0.1) is 0 Å². The van der Waals surface area contributed by atoms with Crippen molar-refractivity contribution >= 4 is 11.6 Å². The van der Waals surface area contributed by atoms with Crippen LogP contribution in [0.15, 0.2) is 36.7 Å². The molecule has 6 heteroatoms. The zero-order chi connectivity index (χ0) is 17.0. The second-order valence-electron chi connectivity index (χ2n) is 6.97. The maximum absolute atomic E-state index is 12.9. The first-order valence-corrected chi connectivity index (χ1v) is 8.76. The summed E-state index contributed by atoms with van der Waals surface area (Å²) in [5.41, 5.74) is 5.06. The third-order valence-corrected chi connectivity index (χ3v) is 5.37. The van der Waals surface area contributed by atoms with Gasteiger partial charge in [-0.3, -0.25) is 9.78 Å². The Morgan fingerprint density at radius 3 is 3.04 bits per heavy atom. The normalized spacial score (nSPS) is 21.6. The van der Waals surface area contributed by atoms with Crippen molar-refractivity contribution in [2.75, 3.05) is 0 Å². The van der Waals surface area contributed by atoms with Crippen LogP contribution in [0.5, 0.6) is 0 Å². The number of aryl methyl sites for hydroxylation is 1. The SMILES string of the molecule is Cc1cc2ncc3c(n2n1)C[C@@H]1CC[C@H]3N1C(=O)Cc1ccccn1. The number of nitrogens with zero attached hydrogens (tertiary/aromatic N) is 5. The van der Waals surface area contributed by atoms with Crippen LogP contribution in [0.1, 0.15) is 41.5 Å². The molecule has 0 radical (unpaired) electrons. The Labute approximate surface area is 145 Å². The first-order valence-electron chi connectivity index (χ1n) is 8.76. The Morgan fingerprint density at radius 2 is 2.20 bits per heavy atom. The lowest BCUT2D eigenvalue weighted by Crippen LogP contribution is -2.43. The maximum Gasteiger partial charge on any atom is 0.229 e. The minimum atomic E-state index is 0.117. The topological polar surface area (TPSA) is 63.4 Å². The number of amides is 1. The molecule has 5 rings (SSSR count). The lowest BCUT2D eigenvalue weighted by Gasteiger charge is -2.36. The van der Waals surface area contributed by atoms with Crippen LogP contribution >= 0.6 is 0 Å². The van der Waals surface area contributed by atoms with E-state index < -0.39 is 0 Å². The Kier molecular flexibility index (Phi) is 3.13. The summed E-state index contributed by atoms with van der Waals surface area (Å²) in [6, 6.07) is 8.08. The summed E-state index contributed by atoms with van der Waals surface area (Å²) in [7, 11) is 0. The first-order chi connectivity index (χ1) is 12.2. The molecule has 3 aromatic heterocycles. The van der Waals surface area contributed by atoms with Crippen molar-refractivity contribution in [1.29, 1.82) is 0 Å². The van der Waals surface area contributed by atoms with Gasteiger partial charge in [0, 0.05) is 42.2 Å². The number of hydrogen-bond acceptors (Lipinski definition) is 4. The van der Waals surface area contributed by atoms with Gasteiger partial charge in [0.2, 0.25) is 5.91 Å². The van der Waals surface area contributed by atoms with Gasteiger partial charge in [-0.25, -0.2) is 9.50 Å². The highest BCUT2D eigenvalue weighted by Gasteiger charge is 2.43. The number of fused-ring (bicyclic) bond motifs is 6. The van der Waals surface area contributed by atoms with E-state index in [-0.39, 0.29) is 18.0 Å². The first kappa shape index (κ1) is 14.6. The molecule has 25 heavy (non-hydrogen) atoms. The van der Waals surface area contributed by atoms with Crippen molar-refractivity contribution in [3.8, 4) is 0 Å². The van der Waals surface area contributed by atoms with Crippen LogP contribution in [0.25, 0.3) is 5.65 Å². The van der Waals surface area contributed by atoms with E-state index in [0.29, 0.717) is 6.42 Å². The van der Waals surface area contributed by atoms with Gasteiger partial charge in [-0.05, 0) is 31.9 Å². The summed E-state index contributed by atoms with van der Waals surface area (Å²) >= 11 is 0. The average Bonchev–Trinajstić information content (AvgIpc) is 3.15. The van der Waals surface area contributed by atoms with E-state index in [1.165, 1.54) is 5.69 Å². The molecular weight excluding hydrogens is 314 g/mol. The summed E-state index contributed by atoms with van der Waals surface area (Å²) in [6.45, 7) is 1.99. The lowest BCUT2D eigenvalue weighted by atomic mass is 9.98. The summed E-state index contributed by atoms with van der Waals surface area (Å²) in [5, 5.41) is 4.60. The summed E-state index contributed by atoms with van der Waals surface area (Å²) in [6.07, 6.45) is 6.93. The second-order valence-corrected chi connectivity index (χ2v) is 6.97.